The van der Waals surface area contributed by atoms with Crippen molar-refractivity contribution in [1.82, 2.24) is 0 Å². The molecule has 2 aromatic rings. The third kappa shape index (κ3) is 5.27. The minimum Gasteiger partial charge on any atom is -0.325 e. The number of carbonyl (C=O) groups is 1. The van der Waals surface area contributed by atoms with E-state index in [9.17, 15) is 4.79 Å². The van der Waals surface area contributed by atoms with E-state index in [1.807, 2.05) is 30.3 Å². The van der Waals surface area contributed by atoms with Crippen LogP contribution in [0.3, 0.4) is 0 Å². The zero-order chi connectivity index (χ0) is 15.4. The maximum atomic E-state index is 11.9. The van der Waals surface area contributed by atoms with Gasteiger partial charge in [0.05, 0.1) is 6.04 Å². The summed E-state index contributed by atoms with van der Waals surface area (Å²) in [6.45, 7) is 0. The summed E-state index contributed by atoms with van der Waals surface area (Å²) in [4.78, 5) is 13.1. The smallest absolute Gasteiger partial charge is 0.241 e. The molecule has 1 atom stereocenters. The van der Waals surface area contributed by atoms with Crippen LogP contribution in [0.25, 0.3) is 0 Å². The SMILES string of the molecule is Cl.NC(C(=O)Nc1ccc(SCc2ccccc2)cc1)C1CC1. The molecule has 122 valence electrons. The Morgan fingerprint density at radius 2 is 1.78 bits per heavy atom. The second kappa shape index (κ2) is 8.39. The molecule has 0 saturated heterocycles. The molecule has 23 heavy (non-hydrogen) atoms. The summed E-state index contributed by atoms with van der Waals surface area (Å²) >= 11 is 1.78. The molecule has 1 amide bonds. The van der Waals surface area contributed by atoms with E-state index in [4.69, 9.17) is 5.73 Å². The number of hydrogen-bond donors (Lipinski definition) is 2. The lowest BCUT2D eigenvalue weighted by atomic mass is 10.2. The topological polar surface area (TPSA) is 55.1 Å². The molecule has 1 aliphatic carbocycles. The van der Waals surface area contributed by atoms with Gasteiger partial charge >= 0.3 is 0 Å². The van der Waals surface area contributed by atoms with E-state index in [2.05, 4.69) is 29.6 Å². The Hall–Kier alpha value is -1.49. The van der Waals surface area contributed by atoms with Crippen molar-refractivity contribution in [1.29, 1.82) is 0 Å². The number of amides is 1. The molecule has 0 heterocycles. The summed E-state index contributed by atoms with van der Waals surface area (Å²) in [5.74, 6) is 1.24. The molecule has 1 aliphatic rings. The molecule has 2 aromatic carbocycles. The Labute approximate surface area is 147 Å². The van der Waals surface area contributed by atoms with Crippen LogP contribution >= 0.6 is 24.2 Å². The lowest BCUT2D eigenvalue weighted by Crippen LogP contribution is -2.37. The van der Waals surface area contributed by atoms with E-state index in [0.29, 0.717) is 5.92 Å². The van der Waals surface area contributed by atoms with Gasteiger partial charge in [0.25, 0.3) is 0 Å². The number of thioether (sulfide) groups is 1. The molecule has 0 aromatic heterocycles. The molecule has 0 bridgehead atoms. The summed E-state index contributed by atoms with van der Waals surface area (Å²) in [6, 6.07) is 18.0. The average molecular weight is 349 g/mol. The maximum absolute atomic E-state index is 11.9. The number of benzene rings is 2. The quantitative estimate of drug-likeness (QED) is 0.773. The molecule has 0 radical (unpaired) electrons. The van der Waals surface area contributed by atoms with Crippen molar-refractivity contribution in [3.8, 4) is 0 Å². The molecule has 0 aliphatic heterocycles. The van der Waals surface area contributed by atoms with Crippen molar-refractivity contribution in [2.75, 3.05) is 5.32 Å². The van der Waals surface area contributed by atoms with Gasteiger partial charge in [0, 0.05) is 16.3 Å². The molecule has 5 heteroatoms. The van der Waals surface area contributed by atoms with Gasteiger partial charge in [-0.3, -0.25) is 4.79 Å². The van der Waals surface area contributed by atoms with Gasteiger partial charge in [-0.15, -0.1) is 24.2 Å². The summed E-state index contributed by atoms with van der Waals surface area (Å²) in [5, 5.41) is 2.89. The van der Waals surface area contributed by atoms with Crippen LogP contribution in [0.15, 0.2) is 59.5 Å². The lowest BCUT2D eigenvalue weighted by molar-refractivity contribution is -0.117. The minimum absolute atomic E-state index is 0. The first-order valence-electron chi connectivity index (χ1n) is 7.55. The fourth-order valence-electron chi connectivity index (χ4n) is 2.27. The van der Waals surface area contributed by atoms with E-state index < -0.39 is 0 Å². The van der Waals surface area contributed by atoms with Crippen LogP contribution in [0.2, 0.25) is 0 Å². The number of hydrogen-bond acceptors (Lipinski definition) is 3. The Kier molecular flexibility index (Phi) is 6.51. The zero-order valence-corrected chi connectivity index (χ0v) is 14.4. The molecular weight excluding hydrogens is 328 g/mol. The first-order valence-corrected chi connectivity index (χ1v) is 8.54. The number of anilines is 1. The largest absolute Gasteiger partial charge is 0.325 e. The van der Waals surface area contributed by atoms with Crippen molar-refractivity contribution in [3.05, 3.63) is 60.2 Å². The Balaban J connectivity index is 0.00000192. The van der Waals surface area contributed by atoms with Gasteiger partial charge in [-0.05, 0) is 48.6 Å². The van der Waals surface area contributed by atoms with Crippen LogP contribution in [-0.4, -0.2) is 11.9 Å². The normalized spacial score (nSPS) is 14.7. The van der Waals surface area contributed by atoms with Gasteiger partial charge in [0.15, 0.2) is 0 Å². The first kappa shape index (κ1) is 17.9. The first-order chi connectivity index (χ1) is 10.7. The van der Waals surface area contributed by atoms with Crippen molar-refractivity contribution in [2.45, 2.75) is 29.5 Å². The fourth-order valence-corrected chi connectivity index (χ4v) is 3.12. The fraction of sp³-hybridized carbons (Fsp3) is 0.278. The zero-order valence-electron chi connectivity index (χ0n) is 12.8. The van der Waals surface area contributed by atoms with Crippen LogP contribution in [0, 0.1) is 5.92 Å². The maximum Gasteiger partial charge on any atom is 0.241 e. The highest BCUT2D eigenvalue weighted by Crippen LogP contribution is 2.32. The van der Waals surface area contributed by atoms with Gasteiger partial charge in [0.2, 0.25) is 5.91 Å². The predicted octanol–water partition coefficient (Wildman–Crippen LogP) is 4.08. The number of rotatable bonds is 6. The predicted molar refractivity (Wildman–Crippen MR) is 99.0 cm³/mol. The van der Waals surface area contributed by atoms with Gasteiger partial charge in [-0.1, -0.05) is 30.3 Å². The van der Waals surface area contributed by atoms with E-state index in [1.165, 1.54) is 10.5 Å². The molecule has 1 unspecified atom stereocenters. The van der Waals surface area contributed by atoms with Crippen LogP contribution in [0.1, 0.15) is 18.4 Å². The third-order valence-electron chi connectivity index (χ3n) is 3.80. The van der Waals surface area contributed by atoms with Gasteiger partial charge < -0.3 is 11.1 Å². The summed E-state index contributed by atoms with van der Waals surface area (Å²) in [7, 11) is 0. The number of nitrogens with two attached hydrogens (primary N) is 1. The molecule has 1 fully saturated rings. The Morgan fingerprint density at radius 3 is 2.39 bits per heavy atom. The highest BCUT2D eigenvalue weighted by Gasteiger charge is 2.33. The molecule has 0 spiro atoms. The number of nitrogens with one attached hydrogen (secondary N) is 1. The monoisotopic (exact) mass is 348 g/mol. The molecule has 3 rings (SSSR count). The van der Waals surface area contributed by atoms with Crippen molar-refractivity contribution < 1.29 is 4.79 Å². The van der Waals surface area contributed by atoms with E-state index in [0.717, 1.165) is 24.3 Å². The van der Waals surface area contributed by atoms with Gasteiger partial charge in [-0.2, -0.15) is 0 Å². The van der Waals surface area contributed by atoms with Crippen molar-refractivity contribution >= 4 is 35.8 Å². The van der Waals surface area contributed by atoms with Crippen molar-refractivity contribution in [2.24, 2.45) is 11.7 Å². The van der Waals surface area contributed by atoms with E-state index in [-0.39, 0.29) is 24.4 Å². The van der Waals surface area contributed by atoms with E-state index >= 15 is 0 Å². The number of carbonyl (C=O) groups excluding carboxylic acids is 1. The summed E-state index contributed by atoms with van der Waals surface area (Å²) in [6.07, 6.45) is 2.15. The van der Waals surface area contributed by atoms with Crippen LogP contribution in [0.4, 0.5) is 5.69 Å². The van der Waals surface area contributed by atoms with Gasteiger partial charge in [0.1, 0.15) is 0 Å². The highest BCUT2D eigenvalue weighted by molar-refractivity contribution is 7.98. The molecule has 1 saturated carbocycles. The van der Waals surface area contributed by atoms with Crippen LogP contribution in [-0.2, 0) is 10.5 Å². The average Bonchev–Trinajstić information content (AvgIpc) is 3.39. The lowest BCUT2D eigenvalue weighted by Gasteiger charge is -2.11. The summed E-state index contributed by atoms with van der Waals surface area (Å²) < 4.78 is 0. The number of halogens is 1. The minimum atomic E-state index is -0.368. The molecule has 3 nitrogen and oxygen atoms in total. The molecule has 3 N–H and O–H groups in total. The summed E-state index contributed by atoms with van der Waals surface area (Å²) in [5.41, 5.74) is 8.01. The Bertz CT molecular complexity index is 629. The van der Waals surface area contributed by atoms with E-state index in [1.54, 1.807) is 11.8 Å². The highest BCUT2D eigenvalue weighted by atomic mass is 35.5. The van der Waals surface area contributed by atoms with Gasteiger partial charge in [-0.25, -0.2) is 0 Å². The molecular formula is C18H21ClN2OS. The third-order valence-corrected chi connectivity index (χ3v) is 4.89. The second-order valence-corrected chi connectivity index (χ2v) is 6.70. The Morgan fingerprint density at radius 1 is 1.13 bits per heavy atom. The van der Waals surface area contributed by atoms with Crippen LogP contribution < -0.4 is 11.1 Å². The van der Waals surface area contributed by atoms with Crippen LogP contribution in [0.5, 0.6) is 0 Å². The van der Waals surface area contributed by atoms with Crippen molar-refractivity contribution in [3.63, 3.8) is 0 Å². The second-order valence-electron chi connectivity index (χ2n) is 5.65. The standard InChI is InChI=1S/C18H20N2OS.ClH/c19-17(14-6-7-14)18(21)20-15-8-10-16(11-9-15)22-12-13-4-2-1-3-5-13;/h1-5,8-11,14,17H,6-7,12,19H2,(H,20,21);1H.